The van der Waals surface area contributed by atoms with Gasteiger partial charge in [0, 0.05) is 24.2 Å². The van der Waals surface area contributed by atoms with E-state index in [1.807, 2.05) is 0 Å². The molecule has 128 valence electrons. The first kappa shape index (κ1) is 16.9. The van der Waals surface area contributed by atoms with Gasteiger partial charge >= 0.3 is 0 Å². The molecule has 0 spiro atoms. The molecule has 3 nitrogen and oxygen atoms in total. The Labute approximate surface area is 141 Å². The number of benzene rings is 1. The molecule has 2 aliphatic carbocycles. The van der Waals surface area contributed by atoms with Gasteiger partial charge in [-0.05, 0) is 64.1 Å². The molecule has 0 unspecified atom stereocenters. The van der Waals surface area contributed by atoms with Gasteiger partial charge in [-0.15, -0.1) is 0 Å². The van der Waals surface area contributed by atoms with E-state index in [9.17, 15) is 0 Å². The lowest BCUT2D eigenvalue weighted by molar-refractivity contribution is 0.0268. The lowest BCUT2D eigenvalue weighted by atomic mass is 9.68. The van der Waals surface area contributed by atoms with Crippen molar-refractivity contribution in [2.75, 3.05) is 27.2 Å². The van der Waals surface area contributed by atoms with E-state index >= 15 is 0 Å². The van der Waals surface area contributed by atoms with Crippen LogP contribution in [0.2, 0.25) is 0 Å². The molecule has 0 bridgehead atoms. The van der Waals surface area contributed by atoms with Crippen LogP contribution in [0.15, 0.2) is 30.3 Å². The van der Waals surface area contributed by atoms with Crippen LogP contribution in [-0.2, 0) is 5.54 Å². The maximum atomic E-state index is 6.28. The first-order valence-corrected chi connectivity index (χ1v) is 9.30. The highest BCUT2D eigenvalue weighted by atomic mass is 15.2. The third-order valence-corrected chi connectivity index (χ3v) is 6.79. The fourth-order valence-electron chi connectivity index (χ4n) is 4.58. The zero-order valence-corrected chi connectivity index (χ0v) is 14.9. The minimum atomic E-state index is 0.122. The number of nitrogens with two attached hydrogens (primary N) is 1. The molecule has 0 atom stereocenters. The van der Waals surface area contributed by atoms with Crippen molar-refractivity contribution >= 4 is 0 Å². The van der Waals surface area contributed by atoms with Crippen molar-refractivity contribution in [3.8, 4) is 0 Å². The van der Waals surface area contributed by atoms with Crippen LogP contribution in [-0.4, -0.2) is 37.6 Å². The molecule has 0 heterocycles. The van der Waals surface area contributed by atoms with E-state index in [1.165, 1.54) is 57.1 Å². The maximum absolute atomic E-state index is 6.28. The standard InChI is InChI=1S/C20H33N3/c1-22-20(18-9-4-3-5-10-18)13-11-19(16-21,12-14-20)23(2)15-17-7-6-8-17/h3-5,9-10,17,22H,6-8,11-16,21H2,1-2H3. The van der Waals surface area contributed by atoms with Crippen molar-refractivity contribution in [2.24, 2.45) is 11.7 Å². The normalized spacial score (nSPS) is 32.0. The lowest BCUT2D eigenvalue weighted by Crippen LogP contribution is -2.59. The summed E-state index contributed by atoms with van der Waals surface area (Å²) in [5.74, 6) is 0.911. The molecular formula is C20H33N3. The van der Waals surface area contributed by atoms with Gasteiger partial charge < -0.3 is 11.1 Å². The van der Waals surface area contributed by atoms with Crippen molar-refractivity contribution in [1.82, 2.24) is 10.2 Å². The highest BCUT2D eigenvalue weighted by molar-refractivity contribution is 5.26. The first-order chi connectivity index (χ1) is 11.1. The molecule has 0 aromatic heterocycles. The number of nitrogens with one attached hydrogen (secondary N) is 1. The van der Waals surface area contributed by atoms with Crippen molar-refractivity contribution in [2.45, 2.75) is 56.0 Å². The zero-order chi connectivity index (χ0) is 16.3. The van der Waals surface area contributed by atoms with Gasteiger partial charge in [-0.3, -0.25) is 4.90 Å². The molecule has 2 saturated carbocycles. The number of rotatable bonds is 6. The number of likely N-dealkylation sites (N-methyl/N-ethyl adjacent to an activating group) is 1. The van der Waals surface area contributed by atoms with Gasteiger partial charge in [-0.25, -0.2) is 0 Å². The van der Waals surface area contributed by atoms with Gasteiger partial charge in [0.25, 0.3) is 0 Å². The Morgan fingerprint density at radius 2 is 1.78 bits per heavy atom. The number of hydrogen-bond donors (Lipinski definition) is 2. The van der Waals surface area contributed by atoms with Gasteiger partial charge in [0.05, 0.1) is 0 Å². The van der Waals surface area contributed by atoms with E-state index in [1.54, 1.807) is 0 Å². The van der Waals surface area contributed by atoms with Crippen molar-refractivity contribution in [3.63, 3.8) is 0 Å². The highest BCUT2D eigenvalue weighted by Gasteiger charge is 2.44. The Balaban J connectivity index is 1.71. The summed E-state index contributed by atoms with van der Waals surface area (Å²) in [5.41, 5.74) is 8.03. The van der Waals surface area contributed by atoms with Crippen molar-refractivity contribution in [1.29, 1.82) is 0 Å². The summed E-state index contributed by atoms with van der Waals surface area (Å²) in [4.78, 5) is 2.60. The molecule has 0 aliphatic heterocycles. The quantitative estimate of drug-likeness (QED) is 0.847. The second-order valence-electron chi connectivity index (χ2n) is 7.80. The first-order valence-electron chi connectivity index (χ1n) is 9.30. The summed E-state index contributed by atoms with van der Waals surface area (Å²) in [6.07, 6.45) is 8.94. The Kier molecular flexibility index (Phi) is 5.10. The molecule has 2 aliphatic rings. The molecule has 3 rings (SSSR count). The maximum Gasteiger partial charge on any atom is 0.0433 e. The van der Waals surface area contributed by atoms with E-state index in [2.05, 4.69) is 54.6 Å². The summed E-state index contributed by atoms with van der Waals surface area (Å²) in [5, 5.41) is 3.64. The van der Waals surface area contributed by atoms with Crippen LogP contribution in [0, 0.1) is 5.92 Å². The van der Waals surface area contributed by atoms with Gasteiger partial charge in [0.1, 0.15) is 0 Å². The molecule has 0 radical (unpaired) electrons. The molecule has 0 amide bonds. The minimum absolute atomic E-state index is 0.122. The predicted octanol–water partition coefficient (Wildman–Crippen LogP) is 3.10. The van der Waals surface area contributed by atoms with E-state index < -0.39 is 0 Å². The molecular weight excluding hydrogens is 282 g/mol. The largest absolute Gasteiger partial charge is 0.329 e. The van der Waals surface area contributed by atoms with E-state index in [-0.39, 0.29) is 11.1 Å². The molecule has 1 aromatic rings. The summed E-state index contributed by atoms with van der Waals surface area (Å²) in [6, 6.07) is 10.9. The molecule has 3 heteroatoms. The second kappa shape index (κ2) is 6.92. The molecule has 1 aromatic carbocycles. The minimum Gasteiger partial charge on any atom is -0.329 e. The Morgan fingerprint density at radius 3 is 2.26 bits per heavy atom. The highest BCUT2D eigenvalue weighted by Crippen LogP contribution is 2.43. The zero-order valence-electron chi connectivity index (χ0n) is 14.9. The summed E-state index contributed by atoms with van der Waals surface area (Å²) in [6.45, 7) is 2.01. The van der Waals surface area contributed by atoms with Gasteiger partial charge in [0.2, 0.25) is 0 Å². The third-order valence-electron chi connectivity index (χ3n) is 6.79. The van der Waals surface area contributed by atoms with Crippen molar-refractivity contribution in [3.05, 3.63) is 35.9 Å². The predicted molar refractivity (Wildman–Crippen MR) is 97.4 cm³/mol. The van der Waals surface area contributed by atoms with Crippen LogP contribution >= 0.6 is 0 Å². The average molecular weight is 316 g/mol. The molecule has 2 fully saturated rings. The topological polar surface area (TPSA) is 41.3 Å². The fraction of sp³-hybridized carbons (Fsp3) is 0.700. The Hall–Kier alpha value is -0.900. The fourth-order valence-corrected chi connectivity index (χ4v) is 4.58. The second-order valence-corrected chi connectivity index (χ2v) is 7.80. The van der Waals surface area contributed by atoms with Crippen LogP contribution in [0.5, 0.6) is 0 Å². The van der Waals surface area contributed by atoms with E-state index in [0.717, 1.165) is 12.5 Å². The summed E-state index contributed by atoms with van der Waals surface area (Å²) in [7, 11) is 4.42. The Bertz CT molecular complexity index is 487. The average Bonchev–Trinajstić information content (AvgIpc) is 2.58. The summed E-state index contributed by atoms with van der Waals surface area (Å²) >= 11 is 0. The van der Waals surface area contributed by atoms with Crippen LogP contribution in [0.1, 0.15) is 50.5 Å². The van der Waals surface area contributed by atoms with Crippen LogP contribution in [0.25, 0.3) is 0 Å². The molecule has 23 heavy (non-hydrogen) atoms. The lowest BCUT2D eigenvalue weighted by Gasteiger charge is -2.51. The van der Waals surface area contributed by atoms with E-state index in [4.69, 9.17) is 5.73 Å². The van der Waals surface area contributed by atoms with Crippen LogP contribution in [0.4, 0.5) is 0 Å². The van der Waals surface area contributed by atoms with Gasteiger partial charge in [-0.2, -0.15) is 0 Å². The Morgan fingerprint density at radius 1 is 1.13 bits per heavy atom. The smallest absolute Gasteiger partial charge is 0.0433 e. The monoisotopic (exact) mass is 315 g/mol. The van der Waals surface area contributed by atoms with Crippen LogP contribution < -0.4 is 11.1 Å². The SMILES string of the molecule is CNC1(c2ccccc2)CCC(CN)(N(C)CC2CCC2)CC1. The van der Waals surface area contributed by atoms with Crippen LogP contribution in [0.3, 0.4) is 0 Å². The summed E-state index contributed by atoms with van der Waals surface area (Å²) < 4.78 is 0. The number of nitrogens with zero attached hydrogens (tertiary/aromatic N) is 1. The van der Waals surface area contributed by atoms with Gasteiger partial charge in [0.15, 0.2) is 0 Å². The van der Waals surface area contributed by atoms with Gasteiger partial charge in [-0.1, -0.05) is 36.8 Å². The molecule has 0 saturated heterocycles. The van der Waals surface area contributed by atoms with E-state index in [0.29, 0.717) is 0 Å². The molecule has 3 N–H and O–H groups in total. The van der Waals surface area contributed by atoms with Crippen molar-refractivity contribution < 1.29 is 0 Å². The third kappa shape index (κ3) is 3.19. The number of hydrogen-bond acceptors (Lipinski definition) is 3.